The van der Waals surface area contributed by atoms with E-state index in [4.69, 9.17) is 9.84 Å². The third-order valence-corrected chi connectivity index (χ3v) is 2.95. The van der Waals surface area contributed by atoms with Crippen LogP contribution in [0.4, 0.5) is 4.79 Å². The van der Waals surface area contributed by atoms with Gasteiger partial charge < -0.3 is 20.1 Å². The molecule has 1 rings (SSSR count). The zero-order valence-corrected chi connectivity index (χ0v) is 10.3. The molecule has 6 nitrogen and oxygen atoms in total. The highest BCUT2D eigenvalue weighted by molar-refractivity contribution is 5.82. The summed E-state index contributed by atoms with van der Waals surface area (Å²) in [5.41, 5.74) is 0. The van der Waals surface area contributed by atoms with Gasteiger partial charge in [-0.25, -0.2) is 9.59 Å². The van der Waals surface area contributed by atoms with Gasteiger partial charge in [-0.15, -0.1) is 0 Å². The molecule has 0 bridgehead atoms. The molecule has 2 amide bonds. The molecule has 1 unspecified atom stereocenters. The number of hydrogen-bond acceptors (Lipinski definition) is 3. The maximum Gasteiger partial charge on any atom is 0.326 e. The molecule has 0 aromatic heterocycles. The van der Waals surface area contributed by atoms with E-state index in [9.17, 15) is 9.59 Å². The van der Waals surface area contributed by atoms with Gasteiger partial charge in [-0.2, -0.15) is 0 Å². The number of aliphatic carboxylic acids is 1. The molecule has 1 saturated heterocycles. The van der Waals surface area contributed by atoms with Gasteiger partial charge >= 0.3 is 12.0 Å². The molecule has 0 saturated carbocycles. The summed E-state index contributed by atoms with van der Waals surface area (Å²) >= 11 is 0. The molecule has 2 atom stereocenters. The standard InChI is InChI=1S/C11H20N2O4/c1-3-4-9(10(14)15)12-11(16)13(2)8-5-6-17-7-8/h8-9H,3-7H2,1-2H3,(H,12,16)(H,14,15)/t8?,9-/m1/s1. The fraction of sp³-hybridized carbons (Fsp3) is 0.818. The van der Waals surface area contributed by atoms with Crippen LogP contribution in [0.2, 0.25) is 0 Å². The van der Waals surface area contributed by atoms with Crippen LogP contribution in [0.1, 0.15) is 26.2 Å². The van der Waals surface area contributed by atoms with Gasteiger partial charge in [0, 0.05) is 13.7 Å². The van der Waals surface area contributed by atoms with Crippen molar-refractivity contribution in [1.82, 2.24) is 10.2 Å². The fourth-order valence-electron chi connectivity index (χ4n) is 1.79. The Bertz CT molecular complexity index is 277. The molecule has 1 heterocycles. The van der Waals surface area contributed by atoms with Crippen LogP contribution >= 0.6 is 0 Å². The van der Waals surface area contributed by atoms with Crippen LogP contribution < -0.4 is 5.32 Å². The number of nitrogens with zero attached hydrogens (tertiary/aromatic N) is 1. The lowest BCUT2D eigenvalue weighted by Crippen LogP contribution is -2.49. The zero-order chi connectivity index (χ0) is 12.8. The van der Waals surface area contributed by atoms with Crippen LogP contribution in [0.3, 0.4) is 0 Å². The summed E-state index contributed by atoms with van der Waals surface area (Å²) in [5.74, 6) is -0.990. The fourth-order valence-corrected chi connectivity index (χ4v) is 1.79. The van der Waals surface area contributed by atoms with Gasteiger partial charge in [-0.05, 0) is 12.8 Å². The lowest BCUT2D eigenvalue weighted by molar-refractivity contribution is -0.139. The number of carbonyl (C=O) groups is 2. The second kappa shape index (κ2) is 6.44. The van der Waals surface area contributed by atoms with Gasteiger partial charge in [0.2, 0.25) is 0 Å². The number of hydrogen-bond donors (Lipinski definition) is 2. The smallest absolute Gasteiger partial charge is 0.326 e. The van der Waals surface area contributed by atoms with E-state index in [2.05, 4.69) is 5.32 Å². The second-order valence-electron chi connectivity index (χ2n) is 4.26. The van der Waals surface area contributed by atoms with Gasteiger partial charge in [-0.3, -0.25) is 0 Å². The van der Waals surface area contributed by atoms with E-state index < -0.39 is 12.0 Å². The van der Waals surface area contributed by atoms with E-state index in [0.717, 1.165) is 6.42 Å². The normalized spacial score (nSPS) is 20.9. The molecular weight excluding hydrogens is 224 g/mol. The van der Waals surface area contributed by atoms with Crippen molar-refractivity contribution >= 4 is 12.0 Å². The summed E-state index contributed by atoms with van der Waals surface area (Å²) in [6.07, 6.45) is 1.96. The number of nitrogens with one attached hydrogen (secondary N) is 1. The van der Waals surface area contributed by atoms with Crippen molar-refractivity contribution in [3.05, 3.63) is 0 Å². The molecule has 0 spiro atoms. The second-order valence-corrected chi connectivity index (χ2v) is 4.26. The Labute approximate surface area is 101 Å². The highest BCUT2D eigenvalue weighted by Crippen LogP contribution is 2.11. The van der Waals surface area contributed by atoms with Crippen LogP contribution in [0.5, 0.6) is 0 Å². The van der Waals surface area contributed by atoms with Gasteiger partial charge in [0.05, 0.1) is 12.6 Å². The number of likely N-dealkylation sites (N-methyl/N-ethyl adjacent to an activating group) is 1. The van der Waals surface area contributed by atoms with Crippen molar-refractivity contribution in [3.63, 3.8) is 0 Å². The number of amides is 2. The first-order chi connectivity index (χ1) is 8.06. The van der Waals surface area contributed by atoms with Crippen LogP contribution in [-0.4, -0.2) is 54.4 Å². The predicted molar refractivity (Wildman–Crippen MR) is 61.9 cm³/mol. The van der Waals surface area contributed by atoms with E-state index in [1.54, 1.807) is 7.05 Å². The number of carboxylic acid groups (broad SMARTS) is 1. The maximum absolute atomic E-state index is 11.8. The Kier molecular flexibility index (Phi) is 5.21. The van der Waals surface area contributed by atoms with Gasteiger partial charge in [0.25, 0.3) is 0 Å². The van der Waals surface area contributed by atoms with Crippen molar-refractivity contribution < 1.29 is 19.4 Å². The first kappa shape index (κ1) is 13.8. The Morgan fingerprint density at radius 3 is 2.76 bits per heavy atom. The summed E-state index contributed by atoms with van der Waals surface area (Å²) in [6.45, 7) is 3.06. The highest BCUT2D eigenvalue weighted by atomic mass is 16.5. The summed E-state index contributed by atoms with van der Waals surface area (Å²) < 4.78 is 5.19. The SMILES string of the molecule is CCC[C@@H](NC(=O)N(C)C1CCOC1)C(=O)O. The molecule has 0 aliphatic carbocycles. The molecule has 1 aliphatic rings. The van der Waals surface area contributed by atoms with Crippen LogP contribution in [0, 0.1) is 0 Å². The molecular formula is C11H20N2O4. The Morgan fingerprint density at radius 2 is 2.29 bits per heavy atom. The van der Waals surface area contributed by atoms with Crippen LogP contribution in [0.15, 0.2) is 0 Å². The van der Waals surface area contributed by atoms with Gasteiger partial charge in [0.15, 0.2) is 0 Å². The number of carboxylic acids is 1. The third kappa shape index (κ3) is 3.89. The number of rotatable bonds is 5. The summed E-state index contributed by atoms with van der Waals surface area (Å²) in [4.78, 5) is 24.3. The molecule has 1 aliphatic heterocycles. The Balaban J connectivity index is 2.47. The lowest BCUT2D eigenvalue weighted by atomic mass is 10.1. The number of carbonyl (C=O) groups excluding carboxylic acids is 1. The monoisotopic (exact) mass is 244 g/mol. The first-order valence-electron chi connectivity index (χ1n) is 5.90. The third-order valence-electron chi connectivity index (χ3n) is 2.95. The minimum absolute atomic E-state index is 0.0473. The molecule has 0 aromatic rings. The van der Waals surface area contributed by atoms with Gasteiger partial charge in [-0.1, -0.05) is 13.3 Å². The van der Waals surface area contributed by atoms with Crippen molar-refractivity contribution in [2.24, 2.45) is 0 Å². The lowest BCUT2D eigenvalue weighted by Gasteiger charge is -2.25. The minimum atomic E-state index is -0.990. The van der Waals surface area contributed by atoms with Crippen LogP contribution in [-0.2, 0) is 9.53 Å². The maximum atomic E-state index is 11.8. The minimum Gasteiger partial charge on any atom is -0.480 e. The van der Waals surface area contributed by atoms with E-state index in [-0.39, 0.29) is 12.1 Å². The molecule has 2 N–H and O–H groups in total. The molecule has 1 fully saturated rings. The van der Waals surface area contributed by atoms with E-state index in [0.29, 0.717) is 26.1 Å². The average molecular weight is 244 g/mol. The molecule has 0 aromatic carbocycles. The van der Waals surface area contributed by atoms with Crippen molar-refractivity contribution in [1.29, 1.82) is 0 Å². The number of ether oxygens (including phenoxy) is 1. The summed E-state index contributed by atoms with van der Waals surface area (Å²) in [7, 11) is 1.67. The molecule has 6 heteroatoms. The quantitative estimate of drug-likeness (QED) is 0.745. The van der Waals surface area contributed by atoms with E-state index >= 15 is 0 Å². The zero-order valence-electron chi connectivity index (χ0n) is 10.3. The van der Waals surface area contributed by atoms with Crippen LogP contribution in [0.25, 0.3) is 0 Å². The Hall–Kier alpha value is -1.30. The average Bonchev–Trinajstić information content (AvgIpc) is 2.80. The largest absolute Gasteiger partial charge is 0.480 e. The molecule has 0 radical (unpaired) electrons. The van der Waals surface area contributed by atoms with Crippen molar-refractivity contribution in [2.45, 2.75) is 38.3 Å². The van der Waals surface area contributed by atoms with Crippen molar-refractivity contribution in [3.8, 4) is 0 Å². The highest BCUT2D eigenvalue weighted by Gasteiger charge is 2.27. The molecule has 17 heavy (non-hydrogen) atoms. The number of urea groups is 1. The summed E-state index contributed by atoms with van der Waals surface area (Å²) in [5, 5.41) is 11.5. The molecule has 98 valence electrons. The Morgan fingerprint density at radius 1 is 1.59 bits per heavy atom. The first-order valence-corrected chi connectivity index (χ1v) is 5.90. The summed E-state index contributed by atoms with van der Waals surface area (Å²) in [6, 6.07) is -1.11. The van der Waals surface area contributed by atoms with Gasteiger partial charge in [0.1, 0.15) is 6.04 Å². The predicted octanol–water partition coefficient (Wildman–Crippen LogP) is 0.670. The topological polar surface area (TPSA) is 78.9 Å². The van der Waals surface area contributed by atoms with E-state index in [1.165, 1.54) is 4.90 Å². The van der Waals surface area contributed by atoms with E-state index in [1.807, 2.05) is 6.92 Å². The van der Waals surface area contributed by atoms with Crippen molar-refractivity contribution in [2.75, 3.05) is 20.3 Å².